The Morgan fingerprint density at radius 1 is 1.09 bits per heavy atom. The average molecular weight is 669 g/mol. The van der Waals surface area contributed by atoms with Gasteiger partial charge in [0.15, 0.2) is 5.78 Å². The number of hydrogen-bond acceptors (Lipinski definition) is 6. The number of aliphatic hydroxyl groups is 1. The lowest BCUT2D eigenvalue weighted by atomic mass is 10.1. The van der Waals surface area contributed by atoms with Crippen LogP contribution in [0.3, 0.4) is 0 Å². The first-order valence-electron chi connectivity index (χ1n) is 15.8. The van der Waals surface area contributed by atoms with Crippen molar-refractivity contribution < 1.29 is 14.6 Å². The molecule has 0 aromatic heterocycles. The normalized spacial score (nSPS) is 17.5. The van der Waals surface area contributed by atoms with E-state index in [4.69, 9.17) is 16.3 Å². The topological polar surface area (TPSA) is 77.4 Å². The van der Waals surface area contributed by atoms with Gasteiger partial charge in [-0.05, 0) is 101 Å². The minimum Gasteiger partial charge on any atom is -0.494 e. The van der Waals surface area contributed by atoms with Gasteiger partial charge in [0.2, 0.25) is 0 Å². The summed E-state index contributed by atoms with van der Waals surface area (Å²) in [7, 11) is 1.77. The first-order valence-corrected chi connectivity index (χ1v) is 18.4. The van der Waals surface area contributed by atoms with E-state index in [1.165, 1.54) is 35.1 Å². The fourth-order valence-corrected chi connectivity index (χ4v) is 6.56. The molecule has 0 bridgehead atoms. The van der Waals surface area contributed by atoms with Crippen molar-refractivity contribution in [3.05, 3.63) is 83.6 Å². The summed E-state index contributed by atoms with van der Waals surface area (Å²) in [5.74, 6) is 1.53. The molecule has 1 unspecified atom stereocenters. The van der Waals surface area contributed by atoms with Crippen LogP contribution in [-0.2, 0) is 4.79 Å². The minimum absolute atomic E-state index is 0.0185. The standard InChI is InChI=1S/C24H35ClN4O2.C9H13P.C4H6O/c1-16(2)21(25)14-26-18(4)27-22-12-17(3)23(13-24(22)31-5)29-9-6-19(15-29)28-10-7-20(30)8-11-28;1-8-6-4-5-7-9(8)10(2)3;1-3-4(2)5/h12-14,19-20,30H,1,6-11,15H2,2-5H3,(H,26,27);4-7H,1-3H3;3H,1H2,2H3/b21-14+;;. The number of likely N-dealkylation sites (tertiary alicyclic amines) is 1. The van der Waals surface area contributed by atoms with Gasteiger partial charge in [-0.2, -0.15) is 0 Å². The molecule has 2 aromatic carbocycles. The van der Waals surface area contributed by atoms with Crippen molar-refractivity contribution in [1.82, 2.24) is 4.90 Å². The Kier molecular flexibility index (Phi) is 16.7. The van der Waals surface area contributed by atoms with Gasteiger partial charge in [0, 0.05) is 50.2 Å². The zero-order valence-corrected chi connectivity index (χ0v) is 30.7. The molecular weight excluding hydrogens is 615 g/mol. The molecule has 0 amide bonds. The zero-order chi connectivity index (χ0) is 34.4. The highest BCUT2D eigenvalue weighted by molar-refractivity contribution is 7.64. The van der Waals surface area contributed by atoms with Crippen LogP contribution in [0.15, 0.2) is 77.4 Å². The second-order valence-electron chi connectivity index (χ2n) is 12.1. The summed E-state index contributed by atoms with van der Waals surface area (Å²) in [6.07, 6.45) is 5.68. The summed E-state index contributed by atoms with van der Waals surface area (Å²) in [6.45, 7) is 25.1. The number of rotatable bonds is 8. The van der Waals surface area contributed by atoms with Crippen molar-refractivity contribution in [1.29, 1.82) is 0 Å². The van der Waals surface area contributed by atoms with Gasteiger partial charge in [-0.15, -0.1) is 0 Å². The van der Waals surface area contributed by atoms with Gasteiger partial charge < -0.3 is 20.1 Å². The van der Waals surface area contributed by atoms with Crippen LogP contribution in [0.25, 0.3) is 0 Å². The number of carbonyl (C=O) groups excluding carboxylic acids is 1. The summed E-state index contributed by atoms with van der Waals surface area (Å²) in [5.41, 5.74) is 5.49. The van der Waals surface area contributed by atoms with Crippen molar-refractivity contribution in [3.8, 4) is 5.75 Å². The number of piperidine rings is 1. The molecule has 4 rings (SSSR count). The third-order valence-corrected chi connectivity index (χ3v) is 9.90. The van der Waals surface area contributed by atoms with Crippen molar-refractivity contribution in [2.75, 3.05) is 56.8 Å². The van der Waals surface area contributed by atoms with Crippen LogP contribution >= 0.6 is 19.5 Å². The van der Waals surface area contributed by atoms with Crippen LogP contribution in [0.5, 0.6) is 5.75 Å². The number of halogens is 1. The number of allylic oxidation sites excluding steroid dienone is 3. The molecule has 2 saturated heterocycles. The molecule has 252 valence electrons. The number of nitrogens with zero attached hydrogens (tertiary/aromatic N) is 3. The van der Waals surface area contributed by atoms with Gasteiger partial charge in [0.25, 0.3) is 0 Å². The van der Waals surface area contributed by atoms with Crippen molar-refractivity contribution >= 4 is 47.8 Å². The number of anilines is 2. The van der Waals surface area contributed by atoms with Gasteiger partial charge in [-0.1, -0.05) is 56.9 Å². The van der Waals surface area contributed by atoms with E-state index < -0.39 is 0 Å². The lowest BCUT2D eigenvalue weighted by Gasteiger charge is -2.34. The van der Waals surface area contributed by atoms with Crippen LogP contribution in [0, 0.1) is 13.8 Å². The number of nitrogens with one attached hydrogen (secondary N) is 1. The maximum atomic E-state index is 9.79. The van der Waals surface area contributed by atoms with Crippen LogP contribution in [-0.4, -0.2) is 80.4 Å². The molecule has 0 saturated carbocycles. The van der Waals surface area contributed by atoms with Gasteiger partial charge in [0.05, 0.1) is 23.9 Å². The molecule has 0 spiro atoms. The SMILES string of the molecule is C=C(C)/C(Cl)=C\N=C(C)Nc1cc(C)c(N2CCC(N3CCC(O)CC3)C2)cc1OC.C=CC(C)=O.Cc1ccccc1P(C)C. The summed E-state index contributed by atoms with van der Waals surface area (Å²) in [6, 6.07) is 13.4. The number of ketones is 1. The van der Waals surface area contributed by atoms with Crippen molar-refractivity contribution in [2.45, 2.75) is 66.0 Å². The van der Waals surface area contributed by atoms with E-state index in [0.717, 1.165) is 68.3 Å². The molecule has 2 aliphatic rings. The fraction of sp³-hybridized carbons (Fsp3) is 0.459. The van der Waals surface area contributed by atoms with E-state index in [2.05, 4.69) is 96.8 Å². The highest BCUT2D eigenvalue weighted by Crippen LogP contribution is 2.36. The molecule has 0 radical (unpaired) electrons. The summed E-state index contributed by atoms with van der Waals surface area (Å²) in [4.78, 5) is 19.1. The Morgan fingerprint density at radius 2 is 1.72 bits per heavy atom. The van der Waals surface area contributed by atoms with E-state index in [1.807, 2.05) is 13.8 Å². The quantitative estimate of drug-likeness (QED) is 0.0990. The molecule has 1 atom stereocenters. The second kappa shape index (κ2) is 19.6. The third-order valence-electron chi connectivity index (χ3n) is 8.02. The molecule has 2 heterocycles. The van der Waals surface area contributed by atoms with Crippen molar-refractivity contribution in [2.24, 2.45) is 4.99 Å². The Balaban J connectivity index is 0.000000403. The molecule has 2 aromatic rings. The van der Waals surface area contributed by atoms with Crippen LogP contribution < -0.4 is 20.3 Å². The van der Waals surface area contributed by atoms with Gasteiger partial charge in [-0.3, -0.25) is 9.69 Å². The number of ether oxygens (including phenoxy) is 1. The molecule has 0 aliphatic carbocycles. The van der Waals surface area contributed by atoms with Crippen LogP contribution in [0.1, 0.15) is 51.2 Å². The van der Waals surface area contributed by atoms with Gasteiger partial charge in [-0.25, -0.2) is 4.99 Å². The summed E-state index contributed by atoms with van der Waals surface area (Å²) < 4.78 is 5.68. The number of amidine groups is 1. The molecule has 2 N–H and O–H groups in total. The monoisotopic (exact) mass is 668 g/mol. The lowest BCUT2D eigenvalue weighted by Crippen LogP contribution is -2.44. The first-order chi connectivity index (χ1) is 21.8. The Bertz CT molecular complexity index is 1380. The highest BCUT2D eigenvalue weighted by Gasteiger charge is 2.31. The average Bonchev–Trinajstić information content (AvgIpc) is 3.51. The Morgan fingerprint density at radius 3 is 2.24 bits per heavy atom. The number of methoxy groups -OCH3 is 1. The molecule has 9 heteroatoms. The van der Waals surface area contributed by atoms with Crippen LogP contribution in [0.4, 0.5) is 11.4 Å². The molecule has 2 fully saturated rings. The smallest absolute Gasteiger partial charge is 0.152 e. The van der Waals surface area contributed by atoms with E-state index in [9.17, 15) is 9.90 Å². The summed E-state index contributed by atoms with van der Waals surface area (Å²) >= 11 is 6.10. The number of hydrogen-bond donors (Lipinski definition) is 2. The fourth-order valence-electron chi connectivity index (χ4n) is 5.35. The predicted molar refractivity (Wildman–Crippen MR) is 201 cm³/mol. The molecule has 7 nitrogen and oxygen atoms in total. The summed E-state index contributed by atoms with van der Waals surface area (Å²) in [5, 5.41) is 15.2. The third kappa shape index (κ3) is 12.7. The molecule has 2 aliphatic heterocycles. The lowest BCUT2D eigenvalue weighted by molar-refractivity contribution is -0.112. The first kappa shape index (κ1) is 39.2. The van der Waals surface area contributed by atoms with E-state index in [1.54, 1.807) is 13.3 Å². The number of benzene rings is 2. The largest absolute Gasteiger partial charge is 0.494 e. The Hall–Kier alpha value is -2.96. The highest BCUT2D eigenvalue weighted by atomic mass is 35.5. The van der Waals surface area contributed by atoms with Crippen molar-refractivity contribution in [3.63, 3.8) is 0 Å². The zero-order valence-electron chi connectivity index (χ0n) is 29.1. The second-order valence-corrected chi connectivity index (χ2v) is 14.8. The van der Waals surface area contributed by atoms with Crippen LogP contribution in [0.2, 0.25) is 0 Å². The number of aliphatic imine (C=N–C) groups is 1. The molecular formula is C37H54ClN4O3P. The van der Waals surface area contributed by atoms with E-state index >= 15 is 0 Å². The Labute approximate surface area is 283 Å². The van der Waals surface area contributed by atoms with E-state index in [-0.39, 0.29) is 19.8 Å². The maximum Gasteiger partial charge on any atom is 0.152 e. The van der Waals surface area contributed by atoms with E-state index in [0.29, 0.717) is 11.1 Å². The maximum absolute atomic E-state index is 9.79. The minimum atomic E-state index is -0.125. The number of aryl methyl sites for hydroxylation is 2. The number of aliphatic hydroxyl groups excluding tert-OH is 1. The van der Waals surface area contributed by atoms with Gasteiger partial charge >= 0.3 is 0 Å². The van der Waals surface area contributed by atoms with Gasteiger partial charge in [0.1, 0.15) is 11.6 Å². The predicted octanol–water partition coefficient (Wildman–Crippen LogP) is 7.65. The molecule has 46 heavy (non-hydrogen) atoms. The number of carbonyl (C=O) groups is 1.